The maximum absolute atomic E-state index is 12.8. The van der Waals surface area contributed by atoms with Crippen molar-refractivity contribution in [2.24, 2.45) is 0 Å². The first-order valence-electron chi connectivity index (χ1n) is 10.8. The molecule has 0 aromatic carbocycles. The molecule has 1 unspecified atom stereocenters. The predicted molar refractivity (Wildman–Crippen MR) is 116 cm³/mol. The number of ether oxygens (including phenoxy) is 1. The number of likely N-dealkylation sites (tertiary alicyclic amines) is 1. The smallest absolute Gasteiger partial charge is 0.410 e. The largest absolute Gasteiger partial charge is 0.444 e. The van der Waals surface area contributed by atoms with Crippen LogP contribution in [0.3, 0.4) is 0 Å². The molecule has 3 heterocycles. The standard InChI is InChI=1S/C22H35N5O2/c1-8-25(9-2)20-15(3)16(4)23-19-14-17(24-27(19)20)18-12-10-11-13-26(18)21(28)29-22(5,6)7/h14,18H,8-13H2,1-7H3. The molecule has 1 amide bonds. The van der Waals surface area contributed by atoms with Gasteiger partial charge in [0, 0.05) is 37.0 Å². The van der Waals surface area contributed by atoms with E-state index in [-0.39, 0.29) is 12.1 Å². The fraction of sp³-hybridized carbons (Fsp3) is 0.682. The Labute approximate surface area is 174 Å². The molecule has 1 saturated heterocycles. The van der Waals surface area contributed by atoms with Crippen molar-refractivity contribution in [1.29, 1.82) is 0 Å². The first-order chi connectivity index (χ1) is 13.7. The number of nitrogens with zero attached hydrogens (tertiary/aromatic N) is 5. The Morgan fingerprint density at radius 2 is 1.93 bits per heavy atom. The highest BCUT2D eigenvalue weighted by Crippen LogP contribution is 2.33. The molecular weight excluding hydrogens is 366 g/mol. The molecule has 0 N–H and O–H groups in total. The van der Waals surface area contributed by atoms with Crippen molar-refractivity contribution in [2.45, 2.75) is 79.4 Å². The molecule has 7 nitrogen and oxygen atoms in total. The van der Waals surface area contributed by atoms with Crippen molar-refractivity contribution in [3.8, 4) is 0 Å². The number of hydrogen-bond donors (Lipinski definition) is 0. The number of piperidine rings is 1. The summed E-state index contributed by atoms with van der Waals surface area (Å²) < 4.78 is 7.62. The third-order valence-electron chi connectivity index (χ3n) is 5.61. The SMILES string of the molecule is CCN(CC)c1c(C)c(C)nc2cc(C3CCCCN3C(=O)OC(C)(C)C)nn12. The number of carbonyl (C=O) groups excluding carboxylic acids is 1. The normalized spacial score (nSPS) is 17.6. The van der Waals surface area contributed by atoms with Crippen molar-refractivity contribution < 1.29 is 9.53 Å². The number of carbonyl (C=O) groups is 1. The highest BCUT2D eigenvalue weighted by Gasteiger charge is 2.33. The van der Waals surface area contributed by atoms with Crippen molar-refractivity contribution >= 4 is 17.6 Å². The Morgan fingerprint density at radius 3 is 2.55 bits per heavy atom. The molecule has 1 aliphatic rings. The van der Waals surface area contributed by atoms with Gasteiger partial charge in [0.2, 0.25) is 0 Å². The van der Waals surface area contributed by atoms with Gasteiger partial charge in [-0.1, -0.05) is 0 Å². The van der Waals surface area contributed by atoms with E-state index in [2.05, 4.69) is 25.7 Å². The minimum absolute atomic E-state index is 0.0783. The maximum atomic E-state index is 12.8. The van der Waals surface area contributed by atoms with Crippen LogP contribution in [0.4, 0.5) is 10.6 Å². The summed E-state index contributed by atoms with van der Waals surface area (Å²) in [6.45, 7) is 16.7. The van der Waals surface area contributed by atoms with E-state index in [1.165, 1.54) is 0 Å². The van der Waals surface area contributed by atoms with Gasteiger partial charge >= 0.3 is 6.09 Å². The average Bonchev–Trinajstić information content (AvgIpc) is 3.07. The zero-order chi connectivity index (χ0) is 21.3. The molecular formula is C22H35N5O2. The number of anilines is 1. The van der Waals surface area contributed by atoms with E-state index in [9.17, 15) is 4.79 Å². The molecule has 0 saturated carbocycles. The van der Waals surface area contributed by atoms with Gasteiger partial charge in [0.25, 0.3) is 0 Å². The molecule has 2 aromatic heterocycles. The molecule has 29 heavy (non-hydrogen) atoms. The second-order valence-corrected chi connectivity index (χ2v) is 8.84. The molecule has 0 spiro atoms. The van der Waals surface area contributed by atoms with Gasteiger partial charge in [-0.2, -0.15) is 9.61 Å². The summed E-state index contributed by atoms with van der Waals surface area (Å²) in [6, 6.07) is 1.96. The topological polar surface area (TPSA) is 63.0 Å². The summed E-state index contributed by atoms with van der Waals surface area (Å²) in [5, 5.41) is 4.95. The maximum Gasteiger partial charge on any atom is 0.410 e. The molecule has 1 atom stereocenters. The van der Waals surface area contributed by atoms with Crippen LogP contribution < -0.4 is 4.90 Å². The molecule has 0 aliphatic carbocycles. The van der Waals surface area contributed by atoms with Crippen molar-refractivity contribution in [3.63, 3.8) is 0 Å². The second-order valence-electron chi connectivity index (χ2n) is 8.84. The van der Waals surface area contributed by atoms with E-state index >= 15 is 0 Å². The third-order valence-corrected chi connectivity index (χ3v) is 5.61. The van der Waals surface area contributed by atoms with E-state index < -0.39 is 5.60 Å². The van der Waals surface area contributed by atoms with Crippen LogP contribution in [0.1, 0.15) is 76.9 Å². The quantitative estimate of drug-likeness (QED) is 0.746. The zero-order valence-corrected chi connectivity index (χ0v) is 18.9. The summed E-state index contributed by atoms with van der Waals surface area (Å²) in [5.74, 6) is 1.09. The lowest BCUT2D eigenvalue weighted by Crippen LogP contribution is -2.42. The van der Waals surface area contributed by atoms with E-state index in [1.54, 1.807) is 0 Å². The fourth-order valence-corrected chi connectivity index (χ4v) is 4.04. The zero-order valence-electron chi connectivity index (χ0n) is 18.9. The van der Waals surface area contributed by atoms with Gasteiger partial charge in [0.15, 0.2) is 5.65 Å². The van der Waals surface area contributed by atoms with Crippen LogP contribution in [0.2, 0.25) is 0 Å². The number of aromatic nitrogens is 3. The molecule has 1 fully saturated rings. The van der Waals surface area contributed by atoms with Crippen LogP contribution in [0, 0.1) is 13.8 Å². The van der Waals surface area contributed by atoms with Crippen LogP contribution in [0.25, 0.3) is 5.65 Å². The van der Waals surface area contributed by atoms with E-state index in [0.717, 1.165) is 60.8 Å². The number of amides is 1. The monoisotopic (exact) mass is 401 g/mol. The highest BCUT2D eigenvalue weighted by atomic mass is 16.6. The number of hydrogen-bond acceptors (Lipinski definition) is 5. The predicted octanol–water partition coefficient (Wildman–Crippen LogP) is 4.65. The number of aryl methyl sites for hydroxylation is 1. The van der Waals surface area contributed by atoms with E-state index in [1.807, 2.05) is 43.2 Å². The lowest BCUT2D eigenvalue weighted by atomic mass is 10.00. The van der Waals surface area contributed by atoms with Gasteiger partial charge in [-0.3, -0.25) is 4.90 Å². The first kappa shape index (κ1) is 21.4. The summed E-state index contributed by atoms with van der Waals surface area (Å²) in [4.78, 5) is 21.8. The molecule has 3 rings (SSSR count). The Balaban J connectivity index is 2.04. The molecule has 160 valence electrons. The van der Waals surface area contributed by atoms with Crippen LogP contribution in [0.5, 0.6) is 0 Å². The lowest BCUT2D eigenvalue weighted by molar-refractivity contribution is 0.00898. The Kier molecular flexibility index (Phi) is 6.05. The van der Waals surface area contributed by atoms with Gasteiger partial charge in [-0.25, -0.2) is 9.78 Å². The summed E-state index contributed by atoms with van der Waals surface area (Å²) in [5.41, 5.74) is 3.37. The van der Waals surface area contributed by atoms with Crippen LogP contribution in [0.15, 0.2) is 6.07 Å². The molecule has 2 aromatic rings. The van der Waals surface area contributed by atoms with Gasteiger partial charge < -0.3 is 9.64 Å². The molecule has 0 bridgehead atoms. The number of fused-ring (bicyclic) bond motifs is 1. The average molecular weight is 402 g/mol. The number of rotatable bonds is 4. The van der Waals surface area contributed by atoms with Crippen molar-refractivity contribution in [1.82, 2.24) is 19.5 Å². The van der Waals surface area contributed by atoms with E-state index in [0.29, 0.717) is 6.54 Å². The van der Waals surface area contributed by atoms with Crippen molar-refractivity contribution in [2.75, 3.05) is 24.5 Å². The molecule has 0 radical (unpaired) electrons. The van der Waals surface area contributed by atoms with Gasteiger partial charge in [-0.15, -0.1) is 0 Å². The molecule has 1 aliphatic heterocycles. The van der Waals surface area contributed by atoms with Crippen LogP contribution in [-0.4, -0.2) is 50.8 Å². The van der Waals surface area contributed by atoms with Crippen LogP contribution >= 0.6 is 0 Å². The highest BCUT2D eigenvalue weighted by molar-refractivity contribution is 5.69. The fourth-order valence-electron chi connectivity index (χ4n) is 4.04. The Hall–Kier alpha value is -2.31. The van der Waals surface area contributed by atoms with Crippen molar-refractivity contribution in [3.05, 3.63) is 23.0 Å². The Morgan fingerprint density at radius 1 is 1.24 bits per heavy atom. The van der Waals surface area contributed by atoms with Gasteiger partial charge in [-0.05, 0) is 67.7 Å². The van der Waals surface area contributed by atoms with Gasteiger partial charge in [0.1, 0.15) is 11.4 Å². The summed E-state index contributed by atoms with van der Waals surface area (Å²) in [7, 11) is 0. The third kappa shape index (κ3) is 4.33. The summed E-state index contributed by atoms with van der Waals surface area (Å²) >= 11 is 0. The second kappa shape index (κ2) is 8.20. The minimum Gasteiger partial charge on any atom is -0.444 e. The van der Waals surface area contributed by atoms with Gasteiger partial charge in [0.05, 0.1) is 11.7 Å². The minimum atomic E-state index is -0.510. The lowest BCUT2D eigenvalue weighted by Gasteiger charge is -2.35. The molecule has 7 heteroatoms. The first-order valence-corrected chi connectivity index (χ1v) is 10.8. The summed E-state index contributed by atoms with van der Waals surface area (Å²) in [6.07, 6.45) is 2.70. The Bertz CT molecular complexity index is 879. The van der Waals surface area contributed by atoms with Crippen LogP contribution in [-0.2, 0) is 4.74 Å². The van der Waals surface area contributed by atoms with E-state index in [4.69, 9.17) is 14.8 Å².